The van der Waals surface area contributed by atoms with Crippen LogP contribution in [0, 0.1) is 0 Å². The summed E-state index contributed by atoms with van der Waals surface area (Å²) in [5.74, 6) is -0.0688. The third-order valence-corrected chi connectivity index (χ3v) is 2.07. The van der Waals surface area contributed by atoms with Gasteiger partial charge in [-0.2, -0.15) is 0 Å². The summed E-state index contributed by atoms with van der Waals surface area (Å²) in [6, 6.07) is 0. The Morgan fingerprint density at radius 3 is 1.56 bits per heavy atom. The van der Waals surface area contributed by atoms with Crippen LogP contribution in [0.5, 0.6) is 0 Å². The van der Waals surface area contributed by atoms with Crippen molar-refractivity contribution in [1.29, 1.82) is 0 Å². The Labute approximate surface area is 108 Å². The molecule has 3 N–H and O–H groups in total. The van der Waals surface area contributed by atoms with Crippen LogP contribution in [0.15, 0.2) is 23.5 Å². The molecule has 0 aromatic rings. The minimum Gasteiger partial charge on any atom is -0.389 e. The van der Waals surface area contributed by atoms with E-state index in [4.69, 9.17) is 0 Å². The molecule has 0 aliphatic heterocycles. The van der Waals surface area contributed by atoms with Gasteiger partial charge in [-0.1, -0.05) is 0 Å². The summed E-state index contributed by atoms with van der Waals surface area (Å²) >= 11 is 0. The number of carbonyl (C=O) groups excluding carboxylic acids is 2. The molecule has 0 aliphatic carbocycles. The third-order valence-electron chi connectivity index (χ3n) is 2.07. The van der Waals surface area contributed by atoms with Crippen molar-refractivity contribution in [3.8, 4) is 0 Å². The van der Waals surface area contributed by atoms with E-state index < -0.39 is 6.10 Å². The molecule has 0 bridgehead atoms. The lowest BCUT2D eigenvalue weighted by molar-refractivity contribution is -0.113. The number of aliphatic hydroxyl groups is 1. The zero-order valence-corrected chi connectivity index (χ0v) is 11.4. The molecule has 5 nitrogen and oxygen atoms in total. The van der Waals surface area contributed by atoms with E-state index in [0.29, 0.717) is 13.1 Å². The summed E-state index contributed by atoms with van der Waals surface area (Å²) in [6.07, 6.45) is 2.35. The minimum absolute atomic E-state index is 0.0344. The van der Waals surface area contributed by atoms with E-state index >= 15 is 0 Å². The highest BCUT2D eigenvalue weighted by Gasteiger charge is 2.03. The molecule has 0 aliphatic rings. The minimum atomic E-state index is -0.601. The maximum Gasteiger partial charge on any atom is 0.154 e. The molecule has 0 heterocycles. The van der Waals surface area contributed by atoms with E-state index in [1.54, 1.807) is 13.8 Å². The van der Waals surface area contributed by atoms with E-state index in [9.17, 15) is 14.7 Å². The Bertz CT molecular complexity index is 325. The zero-order chi connectivity index (χ0) is 14.1. The number of ketones is 2. The van der Waals surface area contributed by atoms with Crippen LogP contribution in [-0.2, 0) is 9.59 Å². The van der Waals surface area contributed by atoms with Crippen LogP contribution >= 0.6 is 0 Å². The van der Waals surface area contributed by atoms with Crippen LogP contribution in [0.4, 0.5) is 0 Å². The fourth-order valence-corrected chi connectivity index (χ4v) is 1.34. The molecule has 18 heavy (non-hydrogen) atoms. The molecule has 0 saturated heterocycles. The first-order valence-electron chi connectivity index (χ1n) is 5.84. The molecule has 0 aromatic carbocycles. The average Bonchev–Trinajstić information content (AvgIpc) is 2.21. The maximum absolute atomic E-state index is 10.8. The van der Waals surface area contributed by atoms with Crippen molar-refractivity contribution in [3.05, 3.63) is 23.5 Å². The van der Waals surface area contributed by atoms with Crippen molar-refractivity contribution in [2.45, 2.75) is 33.8 Å². The average molecular weight is 254 g/mol. The highest BCUT2D eigenvalue weighted by Crippen LogP contribution is 1.91. The number of hydrogen-bond acceptors (Lipinski definition) is 5. The number of nitrogens with one attached hydrogen (secondary N) is 2. The molecule has 0 radical (unpaired) electrons. The molecule has 102 valence electrons. The highest BCUT2D eigenvalue weighted by molar-refractivity contribution is 5.88. The summed E-state index contributed by atoms with van der Waals surface area (Å²) in [5, 5.41) is 15.6. The summed E-state index contributed by atoms with van der Waals surface area (Å²) in [4.78, 5) is 21.6. The lowest BCUT2D eigenvalue weighted by Gasteiger charge is -2.14. The van der Waals surface area contributed by atoms with Crippen molar-refractivity contribution in [2.24, 2.45) is 0 Å². The molecule has 0 saturated carbocycles. The number of carbonyl (C=O) groups is 2. The predicted molar refractivity (Wildman–Crippen MR) is 70.9 cm³/mol. The zero-order valence-electron chi connectivity index (χ0n) is 11.4. The van der Waals surface area contributed by atoms with E-state index in [-0.39, 0.29) is 11.6 Å². The largest absolute Gasteiger partial charge is 0.389 e. The van der Waals surface area contributed by atoms with E-state index in [1.165, 1.54) is 26.0 Å². The van der Waals surface area contributed by atoms with Crippen molar-refractivity contribution in [3.63, 3.8) is 0 Å². The first kappa shape index (κ1) is 16.4. The highest BCUT2D eigenvalue weighted by atomic mass is 16.3. The number of hydrogen-bond donors (Lipinski definition) is 3. The monoisotopic (exact) mass is 254 g/mol. The van der Waals surface area contributed by atoms with E-state index in [2.05, 4.69) is 10.6 Å². The Kier molecular flexibility index (Phi) is 7.71. The van der Waals surface area contributed by atoms with Crippen molar-refractivity contribution < 1.29 is 14.7 Å². The number of rotatable bonds is 8. The smallest absolute Gasteiger partial charge is 0.154 e. The molecule has 0 atom stereocenters. The van der Waals surface area contributed by atoms with Gasteiger partial charge >= 0.3 is 0 Å². The van der Waals surface area contributed by atoms with Crippen LogP contribution in [0.2, 0.25) is 0 Å². The van der Waals surface area contributed by atoms with Crippen molar-refractivity contribution >= 4 is 11.6 Å². The van der Waals surface area contributed by atoms with Crippen molar-refractivity contribution in [2.75, 3.05) is 13.1 Å². The molecular formula is C13H22N2O3. The number of allylic oxidation sites excluding steroid dienone is 4. The van der Waals surface area contributed by atoms with Crippen LogP contribution in [-0.4, -0.2) is 35.9 Å². The van der Waals surface area contributed by atoms with Crippen LogP contribution in [0.1, 0.15) is 27.7 Å². The standard InChI is InChI=1S/C13H22N2O3/c1-9(5-11(3)16)14-7-13(18)8-15-10(2)6-12(4)17/h5-6,13-15,18H,7-8H2,1-4H3/b9-5+,10-6+. The third kappa shape index (κ3) is 9.59. The Morgan fingerprint density at radius 2 is 1.28 bits per heavy atom. The SMILES string of the molecule is CC(=O)/C=C(\C)NCC(O)CN/C(C)=C/C(C)=O. The molecule has 0 fully saturated rings. The second-order valence-corrected chi connectivity index (χ2v) is 4.29. The summed E-state index contributed by atoms with van der Waals surface area (Å²) in [6.45, 7) is 7.16. The number of aliphatic hydroxyl groups excluding tert-OH is 1. The van der Waals surface area contributed by atoms with Gasteiger partial charge in [0.05, 0.1) is 6.10 Å². The molecule has 0 aromatic heterocycles. The Balaban J connectivity index is 3.95. The van der Waals surface area contributed by atoms with Crippen LogP contribution < -0.4 is 10.6 Å². The topological polar surface area (TPSA) is 78.4 Å². The van der Waals surface area contributed by atoms with Gasteiger partial charge in [0.15, 0.2) is 11.6 Å². The fourth-order valence-electron chi connectivity index (χ4n) is 1.34. The van der Waals surface area contributed by atoms with Crippen LogP contribution in [0.3, 0.4) is 0 Å². The van der Waals surface area contributed by atoms with Gasteiger partial charge < -0.3 is 15.7 Å². The van der Waals surface area contributed by atoms with Gasteiger partial charge in [-0.25, -0.2) is 0 Å². The van der Waals surface area contributed by atoms with Gasteiger partial charge in [-0.05, 0) is 39.8 Å². The van der Waals surface area contributed by atoms with Gasteiger partial charge in [0.2, 0.25) is 0 Å². The van der Waals surface area contributed by atoms with E-state index in [1.807, 2.05) is 0 Å². The quantitative estimate of drug-likeness (QED) is 0.550. The van der Waals surface area contributed by atoms with Gasteiger partial charge in [0.25, 0.3) is 0 Å². The Morgan fingerprint density at radius 1 is 0.944 bits per heavy atom. The molecule has 0 amide bonds. The summed E-state index contributed by atoms with van der Waals surface area (Å²) in [7, 11) is 0. The van der Waals surface area contributed by atoms with Gasteiger partial charge in [0, 0.05) is 24.5 Å². The Hall–Kier alpha value is -1.62. The summed E-state index contributed by atoms with van der Waals surface area (Å²) in [5.41, 5.74) is 1.44. The molecule has 0 unspecified atom stereocenters. The lowest BCUT2D eigenvalue weighted by Crippen LogP contribution is -2.34. The fraction of sp³-hybridized carbons (Fsp3) is 0.538. The second kappa shape index (κ2) is 8.47. The summed E-state index contributed by atoms with van der Waals surface area (Å²) < 4.78 is 0. The molecular weight excluding hydrogens is 232 g/mol. The first-order chi connectivity index (χ1) is 8.31. The predicted octanol–water partition coefficient (Wildman–Crippen LogP) is 0.512. The van der Waals surface area contributed by atoms with Gasteiger partial charge in [0.1, 0.15) is 0 Å². The van der Waals surface area contributed by atoms with Gasteiger partial charge in [-0.3, -0.25) is 9.59 Å². The maximum atomic E-state index is 10.8. The van der Waals surface area contributed by atoms with E-state index in [0.717, 1.165) is 11.4 Å². The lowest BCUT2D eigenvalue weighted by atomic mass is 10.3. The second-order valence-electron chi connectivity index (χ2n) is 4.29. The van der Waals surface area contributed by atoms with Gasteiger partial charge in [-0.15, -0.1) is 0 Å². The molecule has 0 spiro atoms. The van der Waals surface area contributed by atoms with Crippen molar-refractivity contribution in [1.82, 2.24) is 10.6 Å². The first-order valence-corrected chi connectivity index (χ1v) is 5.84. The normalized spacial score (nSPS) is 14.1. The molecule has 5 heteroatoms. The van der Waals surface area contributed by atoms with Crippen LogP contribution in [0.25, 0.3) is 0 Å². The molecule has 0 rings (SSSR count).